The highest BCUT2D eigenvalue weighted by molar-refractivity contribution is 4.88. The third kappa shape index (κ3) is 24.8. The van der Waals surface area contributed by atoms with Crippen molar-refractivity contribution in [3.05, 3.63) is 12.3 Å². The average Bonchev–Trinajstić information content (AvgIpc) is 2.55. The van der Waals surface area contributed by atoms with Crippen molar-refractivity contribution in [3.63, 3.8) is 0 Å². The second-order valence-corrected chi connectivity index (χ2v) is 4.62. The Hall–Kier alpha value is -0.540. The second kappa shape index (κ2) is 24.5. The van der Waals surface area contributed by atoms with Crippen LogP contribution in [0.25, 0.3) is 0 Å². The maximum atomic E-state index is 5.48. The van der Waals surface area contributed by atoms with Gasteiger partial charge < -0.3 is 15.0 Å². The number of likely N-dealkylation sites (N-methyl/N-ethyl adjacent to an activating group) is 1. The van der Waals surface area contributed by atoms with Crippen LogP contribution in [0.1, 0.15) is 66.7 Å². The molecular formula is C18H42N2O. The Bertz CT molecular complexity index is 184. The van der Waals surface area contributed by atoms with E-state index < -0.39 is 0 Å². The molecule has 0 bridgehead atoms. The summed E-state index contributed by atoms with van der Waals surface area (Å²) in [5, 5.41) is 2.98. The van der Waals surface area contributed by atoms with E-state index in [4.69, 9.17) is 4.74 Å². The minimum absolute atomic E-state index is 0.632. The van der Waals surface area contributed by atoms with E-state index in [-0.39, 0.29) is 0 Å². The topological polar surface area (TPSA) is 24.5 Å². The molecule has 3 nitrogen and oxygen atoms in total. The first kappa shape index (κ1) is 25.4. The van der Waals surface area contributed by atoms with Crippen LogP contribution in [0.5, 0.6) is 0 Å². The van der Waals surface area contributed by atoms with Crippen molar-refractivity contribution in [1.29, 1.82) is 0 Å². The van der Waals surface area contributed by atoms with Crippen LogP contribution in [-0.2, 0) is 4.74 Å². The minimum atomic E-state index is 0.632. The third-order valence-electron chi connectivity index (χ3n) is 2.85. The Morgan fingerprint density at radius 1 is 1.00 bits per heavy atom. The van der Waals surface area contributed by atoms with Gasteiger partial charge in [-0.15, -0.1) is 0 Å². The van der Waals surface area contributed by atoms with Gasteiger partial charge in [0.2, 0.25) is 0 Å². The van der Waals surface area contributed by atoms with E-state index in [1.807, 2.05) is 34.7 Å². The first-order valence-electron chi connectivity index (χ1n) is 8.82. The highest BCUT2D eigenvalue weighted by Crippen LogP contribution is 2.00. The Morgan fingerprint density at radius 2 is 1.57 bits per heavy atom. The van der Waals surface area contributed by atoms with Crippen molar-refractivity contribution in [1.82, 2.24) is 10.2 Å². The van der Waals surface area contributed by atoms with Gasteiger partial charge in [0.15, 0.2) is 0 Å². The molecule has 0 aliphatic rings. The Morgan fingerprint density at radius 3 is 2.10 bits per heavy atom. The van der Waals surface area contributed by atoms with Crippen molar-refractivity contribution in [2.24, 2.45) is 0 Å². The lowest BCUT2D eigenvalue weighted by Crippen LogP contribution is -2.20. The van der Waals surface area contributed by atoms with Gasteiger partial charge in [0.05, 0.1) is 6.61 Å². The lowest BCUT2D eigenvalue weighted by atomic mass is 10.2. The molecule has 0 rings (SSSR count). The smallest absolute Gasteiger partial charge is 0.0856 e. The summed E-state index contributed by atoms with van der Waals surface area (Å²) in [7, 11) is 4.08. The molecule has 0 heterocycles. The molecular weight excluding hydrogens is 260 g/mol. The number of unbranched alkanes of at least 4 members (excludes halogenated alkanes) is 3. The lowest BCUT2D eigenvalue weighted by molar-refractivity contribution is 0.147. The van der Waals surface area contributed by atoms with Crippen molar-refractivity contribution < 1.29 is 4.74 Å². The van der Waals surface area contributed by atoms with Crippen LogP contribution in [-0.4, -0.2) is 45.3 Å². The van der Waals surface area contributed by atoms with Crippen LogP contribution in [0.15, 0.2) is 12.3 Å². The van der Waals surface area contributed by atoms with Gasteiger partial charge in [-0.05, 0) is 45.8 Å². The number of rotatable bonds is 12. The largest absolute Gasteiger partial charge is 0.390 e. The molecule has 1 N–H and O–H groups in total. The highest BCUT2D eigenvalue weighted by Gasteiger charge is 1.97. The van der Waals surface area contributed by atoms with Crippen LogP contribution in [0.2, 0.25) is 0 Å². The monoisotopic (exact) mass is 302 g/mol. The summed E-state index contributed by atoms with van der Waals surface area (Å²) in [4.78, 5) is 2.42. The summed E-state index contributed by atoms with van der Waals surface area (Å²) in [5.74, 6) is 0. The second-order valence-electron chi connectivity index (χ2n) is 4.62. The maximum absolute atomic E-state index is 5.48. The summed E-state index contributed by atoms with van der Waals surface area (Å²) in [6.07, 6.45) is 6.27. The zero-order valence-corrected chi connectivity index (χ0v) is 15.9. The Kier molecular flexibility index (Phi) is 29.6. The van der Waals surface area contributed by atoms with Gasteiger partial charge in [0, 0.05) is 19.4 Å². The first-order valence-corrected chi connectivity index (χ1v) is 8.82. The number of nitrogens with one attached hydrogen (secondary N) is 1. The molecule has 130 valence electrons. The van der Waals surface area contributed by atoms with Crippen LogP contribution in [0.4, 0.5) is 0 Å². The van der Waals surface area contributed by atoms with E-state index >= 15 is 0 Å². The number of nitrogens with zero attached hydrogens (tertiary/aromatic N) is 1. The van der Waals surface area contributed by atoms with Crippen molar-refractivity contribution in [3.8, 4) is 0 Å². The van der Waals surface area contributed by atoms with Crippen LogP contribution >= 0.6 is 0 Å². The number of ether oxygens (including phenoxy) is 1. The molecule has 0 aliphatic heterocycles. The molecule has 0 aromatic carbocycles. The fourth-order valence-electron chi connectivity index (χ4n) is 1.57. The normalized spacial score (nSPS) is 9.33. The molecule has 21 heavy (non-hydrogen) atoms. The van der Waals surface area contributed by atoms with Gasteiger partial charge in [-0.25, -0.2) is 0 Å². The van der Waals surface area contributed by atoms with E-state index in [2.05, 4.69) is 30.8 Å². The summed E-state index contributed by atoms with van der Waals surface area (Å²) in [6, 6.07) is 0. The Balaban J connectivity index is -0.000000739. The predicted octanol–water partition coefficient (Wildman–Crippen LogP) is 4.69. The van der Waals surface area contributed by atoms with Gasteiger partial charge in [-0.3, -0.25) is 0 Å². The van der Waals surface area contributed by atoms with Crippen LogP contribution in [0.3, 0.4) is 0 Å². The SMILES string of the molecule is C=C(COCCCCCN(C)CCCC)NC.CC.CC. The predicted molar refractivity (Wildman–Crippen MR) is 98.0 cm³/mol. The molecule has 0 saturated heterocycles. The molecule has 0 unspecified atom stereocenters. The van der Waals surface area contributed by atoms with E-state index in [0.717, 1.165) is 18.7 Å². The molecule has 0 aromatic heterocycles. The summed E-state index contributed by atoms with van der Waals surface area (Å²) < 4.78 is 5.48. The average molecular weight is 303 g/mol. The number of hydrogen-bond donors (Lipinski definition) is 1. The quantitative estimate of drug-likeness (QED) is 0.529. The first-order chi connectivity index (χ1) is 10.2. The summed E-state index contributed by atoms with van der Waals surface area (Å²) in [6.45, 7) is 18.0. The zero-order valence-electron chi connectivity index (χ0n) is 15.9. The molecule has 0 atom stereocenters. The van der Waals surface area contributed by atoms with E-state index in [9.17, 15) is 0 Å². The molecule has 3 heteroatoms. The van der Waals surface area contributed by atoms with Gasteiger partial charge >= 0.3 is 0 Å². The zero-order chi connectivity index (χ0) is 16.9. The molecule has 0 saturated carbocycles. The Labute approximate surface area is 135 Å². The fraction of sp³-hybridized carbons (Fsp3) is 0.889. The molecule has 0 aliphatic carbocycles. The summed E-state index contributed by atoms with van der Waals surface area (Å²) >= 11 is 0. The lowest BCUT2D eigenvalue weighted by Gasteiger charge is -2.15. The van der Waals surface area contributed by atoms with E-state index in [0.29, 0.717) is 6.61 Å². The van der Waals surface area contributed by atoms with Crippen molar-refractivity contribution >= 4 is 0 Å². The molecule has 0 radical (unpaired) electrons. The van der Waals surface area contributed by atoms with Gasteiger partial charge in [0.25, 0.3) is 0 Å². The van der Waals surface area contributed by atoms with Gasteiger partial charge in [0.1, 0.15) is 0 Å². The van der Waals surface area contributed by atoms with Crippen LogP contribution < -0.4 is 5.32 Å². The number of hydrogen-bond acceptors (Lipinski definition) is 3. The van der Waals surface area contributed by atoms with Crippen molar-refractivity contribution in [2.45, 2.75) is 66.7 Å². The van der Waals surface area contributed by atoms with E-state index in [1.165, 1.54) is 38.8 Å². The van der Waals surface area contributed by atoms with E-state index in [1.54, 1.807) is 0 Å². The fourth-order valence-corrected chi connectivity index (χ4v) is 1.57. The molecule has 0 fully saturated rings. The molecule has 0 amide bonds. The third-order valence-corrected chi connectivity index (χ3v) is 2.85. The van der Waals surface area contributed by atoms with Crippen LogP contribution in [0, 0.1) is 0 Å². The molecule has 0 spiro atoms. The van der Waals surface area contributed by atoms with Gasteiger partial charge in [-0.1, -0.05) is 47.6 Å². The van der Waals surface area contributed by atoms with Gasteiger partial charge in [-0.2, -0.15) is 0 Å². The molecule has 0 aromatic rings. The maximum Gasteiger partial charge on any atom is 0.0856 e. The highest BCUT2D eigenvalue weighted by atomic mass is 16.5. The summed E-state index contributed by atoms with van der Waals surface area (Å²) in [5.41, 5.74) is 0.948. The van der Waals surface area contributed by atoms with Crippen molar-refractivity contribution in [2.75, 3.05) is 40.4 Å². The minimum Gasteiger partial charge on any atom is -0.390 e. The standard InChI is InChI=1S/C14H30N2O.2C2H6/c1-5-6-10-16(4)11-8-7-9-12-17-13-14(2)15-3;2*1-2/h15H,2,5-13H2,1,3-4H3;2*1-2H3.